The van der Waals surface area contributed by atoms with Gasteiger partial charge in [-0.05, 0) is 38.1 Å². The molecule has 14 heteroatoms. The van der Waals surface area contributed by atoms with Gasteiger partial charge in [0.15, 0.2) is 0 Å². The Kier molecular flexibility index (Phi) is 16.4. The summed E-state index contributed by atoms with van der Waals surface area (Å²) in [4.78, 5) is 28.6. The maximum atomic E-state index is 11.0. The van der Waals surface area contributed by atoms with E-state index in [1.54, 1.807) is 19.9 Å². The Bertz CT molecular complexity index is 853. The molecule has 0 fully saturated rings. The average molecular weight is 487 g/mol. The first-order valence-electron chi connectivity index (χ1n) is 7.79. The molecule has 0 bridgehead atoms. The summed E-state index contributed by atoms with van der Waals surface area (Å²) in [6.45, 7) is 4.02. The summed E-state index contributed by atoms with van der Waals surface area (Å²) >= 11 is 11.0. The number of aliphatic hydroxyl groups excluding tert-OH is 1. The van der Waals surface area contributed by atoms with Gasteiger partial charge in [0.2, 0.25) is 0 Å². The lowest BCUT2D eigenvalue weighted by Gasteiger charge is -1.99. The zero-order valence-electron chi connectivity index (χ0n) is 15.8. The fourth-order valence-corrected chi connectivity index (χ4v) is 1.43. The maximum absolute atomic E-state index is 11.0. The third kappa shape index (κ3) is 19.0. The van der Waals surface area contributed by atoms with Gasteiger partial charge in [0, 0.05) is 19.0 Å². The predicted molar refractivity (Wildman–Crippen MR) is 108 cm³/mol. The second-order valence-electron chi connectivity index (χ2n) is 4.51. The molecule has 0 spiro atoms. The minimum Gasteiger partial charge on any atom is -0.477 e. The van der Waals surface area contributed by atoms with Crippen LogP contribution in [0.25, 0.3) is 0 Å². The van der Waals surface area contributed by atoms with E-state index in [1.807, 2.05) is 0 Å². The summed E-state index contributed by atoms with van der Waals surface area (Å²) in [5.74, 6) is -1.47. The standard InChI is InChI=1S/C8H8ClNO2.C6H4ClNO2.C2H6O.H2O4S/c1-2-12-8(11)7-4-3-6(9)5-10-7;7-4-1-2-5(6(9)10)8-3-4;1-2-3;1-5(2,3)4/h3-5H,2H2,1H3;1-3H,(H,9,10);3H,2H2,1H3;(H2,1,2,3,4). The first-order chi connectivity index (χ1) is 13.8. The molecule has 2 aromatic rings. The van der Waals surface area contributed by atoms with Crippen LogP contribution in [0.4, 0.5) is 0 Å². The maximum Gasteiger partial charge on any atom is 0.394 e. The summed E-state index contributed by atoms with van der Waals surface area (Å²) in [7, 11) is -4.67. The third-order valence-corrected chi connectivity index (χ3v) is 2.61. The molecule has 11 nitrogen and oxygen atoms in total. The molecule has 2 rings (SSSR count). The van der Waals surface area contributed by atoms with Gasteiger partial charge in [-0.3, -0.25) is 9.11 Å². The van der Waals surface area contributed by atoms with Gasteiger partial charge in [0.25, 0.3) is 0 Å². The van der Waals surface area contributed by atoms with E-state index in [0.717, 1.165) is 0 Å². The Morgan fingerprint density at radius 1 is 0.967 bits per heavy atom. The number of pyridine rings is 2. The lowest BCUT2D eigenvalue weighted by molar-refractivity contribution is 0.0519. The van der Waals surface area contributed by atoms with Crippen LogP contribution >= 0.6 is 23.2 Å². The number of aliphatic hydroxyl groups is 1. The second-order valence-corrected chi connectivity index (χ2v) is 6.28. The number of carbonyl (C=O) groups is 2. The first kappa shape index (κ1) is 29.8. The highest BCUT2D eigenvalue weighted by Gasteiger charge is 2.06. The van der Waals surface area contributed by atoms with Gasteiger partial charge in [-0.15, -0.1) is 0 Å². The molecule has 0 saturated heterocycles. The van der Waals surface area contributed by atoms with Gasteiger partial charge in [-0.1, -0.05) is 23.2 Å². The number of aromatic carboxylic acids is 1. The van der Waals surface area contributed by atoms with E-state index >= 15 is 0 Å². The molecule has 0 aliphatic carbocycles. The molecule has 0 aliphatic heterocycles. The summed E-state index contributed by atoms with van der Waals surface area (Å²) in [6, 6.07) is 5.96. The largest absolute Gasteiger partial charge is 0.477 e. The normalized spacial score (nSPS) is 9.43. The van der Waals surface area contributed by atoms with Crippen molar-refractivity contribution in [1.29, 1.82) is 0 Å². The number of halogens is 2. The minimum absolute atomic E-state index is 0.00407. The van der Waals surface area contributed by atoms with Gasteiger partial charge in [-0.25, -0.2) is 19.6 Å². The Morgan fingerprint density at radius 2 is 1.33 bits per heavy atom. The van der Waals surface area contributed by atoms with Crippen molar-refractivity contribution in [2.45, 2.75) is 13.8 Å². The highest BCUT2D eigenvalue weighted by molar-refractivity contribution is 7.79. The summed E-state index contributed by atoms with van der Waals surface area (Å²) in [5, 5.41) is 16.9. The lowest BCUT2D eigenvalue weighted by Crippen LogP contribution is -2.06. The Hall–Kier alpha value is -2.35. The fourth-order valence-electron chi connectivity index (χ4n) is 1.20. The zero-order valence-corrected chi connectivity index (χ0v) is 18.1. The average Bonchev–Trinajstić information content (AvgIpc) is 2.63. The molecule has 2 aromatic heterocycles. The molecule has 4 N–H and O–H groups in total. The number of esters is 1. The second kappa shape index (κ2) is 16.4. The summed E-state index contributed by atoms with van der Waals surface area (Å²) in [6.07, 6.45) is 2.71. The Labute approximate surface area is 182 Å². The minimum atomic E-state index is -4.67. The van der Waals surface area contributed by atoms with Gasteiger partial charge >= 0.3 is 22.3 Å². The topological polar surface area (TPSA) is 184 Å². The van der Waals surface area contributed by atoms with Crippen LogP contribution in [-0.2, 0) is 15.1 Å². The van der Waals surface area contributed by atoms with Crippen molar-refractivity contribution in [3.05, 3.63) is 58.1 Å². The SMILES string of the molecule is CCO.CCOC(=O)c1ccc(Cl)cn1.O=C(O)c1ccc(Cl)cn1.O=S(=O)(O)O. The highest BCUT2D eigenvalue weighted by Crippen LogP contribution is 2.07. The molecule has 0 aliphatic rings. The number of carboxylic acids is 1. The number of rotatable bonds is 3. The predicted octanol–water partition coefficient (Wildman–Crippen LogP) is 2.69. The van der Waals surface area contributed by atoms with Crippen LogP contribution in [0.3, 0.4) is 0 Å². The number of aromatic nitrogens is 2. The molecule has 0 saturated carbocycles. The van der Waals surface area contributed by atoms with Crippen LogP contribution in [0, 0.1) is 0 Å². The van der Waals surface area contributed by atoms with Crippen molar-refractivity contribution in [2.75, 3.05) is 13.2 Å². The van der Waals surface area contributed by atoms with Crippen molar-refractivity contribution in [3.63, 3.8) is 0 Å². The molecular formula is C16H20Cl2N2O9S. The molecule has 0 aromatic carbocycles. The van der Waals surface area contributed by atoms with E-state index in [2.05, 4.69) is 9.97 Å². The summed E-state index contributed by atoms with van der Waals surface area (Å²) < 4.78 is 36.3. The summed E-state index contributed by atoms with van der Waals surface area (Å²) in [5.41, 5.74) is 0.283. The monoisotopic (exact) mass is 486 g/mol. The number of nitrogens with zero attached hydrogens (tertiary/aromatic N) is 2. The van der Waals surface area contributed by atoms with Gasteiger partial charge in [-0.2, -0.15) is 8.42 Å². The van der Waals surface area contributed by atoms with E-state index in [9.17, 15) is 9.59 Å². The van der Waals surface area contributed by atoms with E-state index in [-0.39, 0.29) is 18.0 Å². The number of carboxylic acid groups (broad SMARTS) is 1. The molecule has 0 amide bonds. The first-order valence-corrected chi connectivity index (χ1v) is 9.95. The zero-order chi connectivity index (χ0) is 23.7. The van der Waals surface area contributed by atoms with E-state index < -0.39 is 22.3 Å². The molecule has 168 valence electrons. The molecule has 2 heterocycles. The fraction of sp³-hybridized carbons (Fsp3) is 0.250. The number of carbonyl (C=O) groups excluding carboxylic acids is 1. The smallest absolute Gasteiger partial charge is 0.394 e. The molecule has 0 atom stereocenters. The van der Waals surface area contributed by atoms with Gasteiger partial charge in [0.1, 0.15) is 11.4 Å². The number of hydrogen-bond acceptors (Lipinski definition) is 8. The molecule has 0 radical (unpaired) electrons. The van der Waals surface area contributed by atoms with Gasteiger partial charge < -0.3 is 14.9 Å². The van der Waals surface area contributed by atoms with Crippen molar-refractivity contribution in [1.82, 2.24) is 9.97 Å². The lowest BCUT2D eigenvalue weighted by atomic mass is 10.3. The molecule has 0 unspecified atom stereocenters. The number of hydrogen-bond donors (Lipinski definition) is 4. The van der Waals surface area contributed by atoms with Crippen molar-refractivity contribution in [2.24, 2.45) is 0 Å². The molecular weight excluding hydrogens is 467 g/mol. The Balaban J connectivity index is 0. The van der Waals surface area contributed by atoms with E-state index in [1.165, 1.54) is 30.6 Å². The van der Waals surface area contributed by atoms with E-state index in [4.69, 9.17) is 55.7 Å². The van der Waals surface area contributed by atoms with Crippen LogP contribution < -0.4 is 0 Å². The Morgan fingerprint density at radius 3 is 1.60 bits per heavy atom. The van der Waals surface area contributed by atoms with Crippen LogP contribution in [0.5, 0.6) is 0 Å². The van der Waals surface area contributed by atoms with E-state index in [0.29, 0.717) is 16.7 Å². The van der Waals surface area contributed by atoms with Crippen molar-refractivity contribution < 1.29 is 42.1 Å². The van der Waals surface area contributed by atoms with Crippen LogP contribution in [0.2, 0.25) is 10.0 Å². The van der Waals surface area contributed by atoms with Crippen LogP contribution in [0.1, 0.15) is 34.8 Å². The molecule has 30 heavy (non-hydrogen) atoms. The van der Waals surface area contributed by atoms with Crippen LogP contribution in [0.15, 0.2) is 36.7 Å². The quantitative estimate of drug-likeness (QED) is 0.369. The van der Waals surface area contributed by atoms with Crippen LogP contribution in [-0.4, -0.2) is 62.9 Å². The highest BCUT2D eigenvalue weighted by atomic mass is 35.5. The van der Waals surface area contributed by atoms with Crippen molar-refractivity contribution >= 4 is 45.5 Å². The van der Waals surface area contributed by atoms with Crippen molar-refractivity contribution in [3.8, 4) is 0 Å². The van der Waals surface area contributed by atoms with Gasteiger partial charge in [0.05, 0.1) is 16.7 Å². The number of ether oxygens (including phenoxy) is 1. The third-order valence-electron chi connectivity index (χ3n) is 2.16.